The number of hydrogen-bond acceptors (Lipinski definition) is 4. The van der Waals surface area contributed by atoms with Gasteiger partial charge in [0.05, 0.1) is 13.7 Å². The van der Waals surface area contributed by atoms with Crippen LogP contribution in [0.1, 0.15) is 5.56 Å². The number of halogens is 2. The Balaban J connectivity index is 1.66. The van der Waals surface area contributed by atoms with Crippen molar-refractivity contribution < 1.29 is 23.0 Å². The molecular weight excluding hydrogens is 330 g/mol. The predicted octanol–water partition coefficient (Wildman–Crippen LogP) is 3.30. The van der Waals surface area contributed by atoms with Crippen LogP contribution in [0, 0.1) is 0 Å². The molecule has 25 heavy (non-hydrogen) atoms. The number of hydrogen-bond donors (Lipinski definition) is 1. The van der Waals surface area contributed by atoms with E-state index in [1.807, 2.05) is 24.3 Å². The lowest BCUT2D eigenvalue weighted by molar-refractivity contribution is -0.116. The van der Waals surface area contributed by atoms with E-state index in [2.05, 4.69) is 10.1 Å². The number of amides is 1. The number of alkyl halides is 2. The van der Waals surface area contributed by atoms with Crippen molar-refractivity contribution in [2.75, 3.05) is 30.4 Å². The van der Waals surface area contributed by atoms with Crippen LogP contribution in [0.4, 0.5) is 20.2 Å². The van der Waals surface area contributed by atoms with Gasteiger partial charge in [-0.1, -0.05) is 18.2 Å². The zero-order valence-corrected chi connectivity index (χ0v) is 13.7. The molecule has 1 aliphatic rings. The summed E-state index contributed by atoms with van der Waals surface area (Å²) < 4.78 is 34.4. The van der Waals surface area contributed by atoms with Gasteiger partial charge in [-0.15, -0.1) is 0 Å². The molecule has 0 saturated carbocycles. The van der Waals surface area contributed by atoms with Crippen molar-refractivity contribution in [2.45, 2.75) is 13.0 Å². The third-order valence-corrected chi connectivity index (χ3v) is 4.01. The van der Waals surface area contributed by atoms with Crippen molar-refractivity contribution in [3.05, 3.63) is 48.0 Å². The molecule has 0 bridgehead atoms. The number of nitrogens with zero attached hydrogens (tertiary/aromatic N) is 1. The van der Waals surface area contributed by atoms with Crippen molar-refractivity contribution in [1.29, 1.82) is 0 Å². The number of rotatable bonds is 6. The highest BCUT2D eigenvalue weighted by Gasteiger charge is 2.23. The standard InChI is InChI=1S/C18H18F2N2O3/c1-24-15-7-6-13(10-16(15)25-18(19)20)21-11-17(23)22-9-8-12-4-2-3-5-14(12)22/h2-7,10,18,21H,8-9,11H2,1H3. The number of anilines is 2. The maximum atomic E-state index is 12.5. The fourth-order valence-corrected chi connectivity index (χ4v) is 2.85. The van der Waals surface area contributed by atoms with Crippen molar-refractivity contribution in [3.8, 4) is 11.5 Å². The molecule has 0 unspecified atom stereocenters. The molecule has 0 aromatic heterocycles. The summed E-state index contributed by atoms with van der Waals surface area (Å²) in [7, 11) is 1.37. The lowest BCUT2D eigenvalue weighted by Gasteiger charge is -2.18. The third kappa shape index (κ3) is 3.81. The highest BCUT2D eigenvalue weighted by Crippen LogP contribution is 2.32. The van der Waals surface area contributed by atoms with Crippen LogP contribution in [-0.2, 0) is 11.2 Å². The maximum Gasteiger partial charge on any atom is 0.387 e. The van der Waals surface area contributed by atoms with Gasteiger partial charge in [0.25, 0.3) is 0 Å². The molecule has 1 aliphatic heterocycles. The highest BCUT2D eigenvalue weighted by molar-refractivity contribution is 5.98. The van der Waals surface area contributed by atoms with Crippen molar-refractivity contribution >= 4 is 17.3 Å². The number of carbonyl (C=O) groups excluding carboxylic acids is 1. The fraction of sp³-hybridized carbons (Fsp3) is 0.278. The number of carbonyl (C=O) groups is 1. The number of fused-ring (bicyclic) bond motifs is 1. The van der Waals surface area contributed by atoms with Gasteiger partial charge in [-0.05, 0) is 30.2 Å². The number of para-hydroxylation sites is 1. The number of nitrogens with one attached hydrogen (secondary N) is 1. The van der Waals surface area contributed by atoms with E-state index in [0.29, 0.717) is 12.2 Å². The summed E-state index contributed by atoms with van der Waals surface area (Å²) in [6.45, 7) is -2.26. The largest absolute Gasteiger partial charge is 0.493 e. The van der Waals surface area contributed by atoms with Gasteiger partial charge < -0.3 is 19.7 Å². The SMILES string of the molecule is COc1ccc(NCC(=O)N2CCc3ccccc32)cc1OC(F)F. The molecule has 5 nitrogen and oxygen atoms in total. The average molecular weight is 348 g/mol. The predicted molar refractivity (Wildman–Crippen MR) is 90.6 cm³/mol. The van der Waals surface area contributed by atoms with Gasteiger partial charge in [-0.3, -0.25) is 4.79 Å². The van der Waals surface area contributed by atoms with Gasteiger partial charge in [0.15, 0.2) is 11.5 Å². The monoisotopic (exact) mass is 348 g/mol. The Bertz CT molecular complexity index is 768. The molecule has 1 heterocycles. The number of methoxy groups -OCH3 is 1. The molecule has 0 atom stereocenters. The summed E-state index contributed by atoms with van der Waals surface area (Å²) in [6, 6.07) is 12.3. The zero-order valence-electron chi connectivity index (χ0n) is 13.7. The molecule has 3 rings (SSSR count). The van der Waals surface area contributed by atoms with Gasteiger partial charge >= 0.3 is 6.61 Å². The molecular formula is C18H18F2N2O3. The first-order valence-electron chi connectivity index (χ1n) is 7.83. The zero-order chi connectivity index (χ0) is 17.8. The smallest absolute Gasteiger partial charge is 0.387 e. The van der Waals surface area contributed by atoms with Crippen molar-refractivity contribution in [3.63, 3.8) is 0 Å². The molecule has 1 amide bonds. The lowest BCUT2D eigenvalue weighted by Crippen LogP contribution is -2.34. The Hall–Kier alpha value is -2.83. The van der Waals surface area contributed by atoms with E-state index in [1.165, 1.54) is 19.2 Å². The van der Waals surface area contributed by atoms with Crippen LogP contribution >= 0.6 is 0 Å². The van der Waals surface area contributed by atoms with E-state index in [-0.39, 0.29) is 24.0 Å². The molecule has 7 heteroatoms. The van der Waals surface area contributed by atoms with Crippen LogP contribution in [0.3, 0.4) is 0 Å². The Morgan fingerprint density at radius 2 is 2.04 bits per heavy atom. The van der Waals surface area contributed by atoms with E-state index in [1.54, 1.807) is 11.0 Å². The molecule has 2 aromatic rings. The summed E-state index contributed by atoms with van der Waals surface area (Å²) in [5.74, 6) is 0.0317. The Labute approximate surface area is 144 Å². The Morgan fingerprint density at radius 1 is 1.24 bits per heavy atom. The van der Waals surface area contributed by atoms with Gasteiger partial charge in [-0.25, -0.2) is 0 Å². The van der Waals surface area contributed by atoms with Gasteiger partial charge in [0, 0.05) is 24.0 Å². The molecule has 0 spiro atoms. The summed E-state index contributed by atoms with van der Waals surface area (Å²) >= 11 is 0. The van der Waals surface area contributed by atoms with E-state index in [9.17, 15) is 13.6 Å². The Kier molecular flexibility index (Phi) is 5.02. The molecule has 0 radical (unpaired) electrons. The molecule has 0 fully saturated rings. The van der Waals surface area contributed by atoms with Crippen LogP contribution in [0.15, 0.2) is 42.5 Å². The fourth-order valence-electron chi connectivity index (χ4n) is 2.85. The maximum absolute atomic E-state index is 12.5. The second-order valence-corrected chi connectivity index (χ2v) is 5.52. The van der Waals surface area contributed by atoms with Gasteiger partial charge in [-0.2, -0.15) is 8.78 Å². The van der Waals surface area contributed by atoms with Crippen molar-refractivity contribution in [1.82, 2.24) is 0 Å². The second-order valence-electron chi connectivity index (χ2n) is 5.52. The van der Waals surface area contributed by atoms with E-state index < -0.39 is 6.61 Å². The summed E-state index contributed by atoms with van der Waals surface area (Å²) in [4.78, 5) is 14.2. The van der Waals surface area contributed by atoms with E-state index in [4.69, 9.17) is 4.74 Å². The van der Waals surface area contributed by atoms with Crippen LogP contribution in [0.25, 0.3) is 0 Å². The highest BCUT2D eigenvalue weighted by atomic mass is 19.3. The number of benzene rings is 2. The quantitative estimate of drug-likeness (QED) is 0.870. The minimum Gasteiger partial charge on any atom is -0.493 e. The Morgan fingerprint density at radius 3 is 2.80 bits per heavy atom. The second kappa shape index (κ2) is 7.38. The topological polar surface area (TPSA) is 50.8 Å². The molecule has 1 N–H and O–H groups in total. The van der Waals surface area contributed by atoms with Gasteiger partial charge in [0.1, 0.15) is 0 Å². The molecule has 0 saturated heterocycles. The van der Waals surface area contributed by atoms with Crippen LogP contribution in [0.5, 0.6) is 11.5 Å². The summed E-state index contributed by atoms with van der Waals surface area (Å²) in [5, 5.41) is 2.95. The molecule has 2 aromatic carbocycles. The third-order valence-electron chi connectivity index (χ3n) is 4.01. The number of ether oxygens (including phenoxy) is 2. The first-order valence-corrected chi connectivity index (χ1v) is 7.83. The van der Waals surface area contributed by atoms with Crippen LogP contribution in [0.2, 0.25) is 0 Å². The molecule has 132 valence electrons. The lowest BCUT2D eigenvalue weighted by atomic mass is 10.2. The average Bonchev–Trinajstić information content (AvgIpc) is 3.03. The first-order chi connectivity index (χ1) is 12.1. The van der Waals surface area contributed by atoms with Crippen LogP contribution in [-0.4, -0.2) is 32.7 Å². The molecule has 0 aliphatic carbocycles. The van der Waals surface area contributed by atoms with Crippen molar-refractivity contribution in [2.24, 2.45) is 0 Å². The first kappa shape index (κ1) is 17.0. The normalized spacial score (nSPS) is 12.9. The minimum absolute atomic E-state index is 0.0504. The van der Waals surface area contributed by atoms with Crippen LogP contribution < -0.4 is 19.7 Å². The summed E-state index contributed by atoms with van der Waals surface area (Å²) in [5.41, 5.74) is 2.57. The van der Waals surface area contributed by atoms with E-state index in [0.717, 1.165) is 17.7 Å². The minimum atomic E-state index is -2.95. The van der Waals surface area contributed by atoms with E-state index >= 15 is 0 Å². The summed E-state index contributed by atoms with van der Waals surface area (Å²) in [6.07, 6.45) is 0.830. The van der Waals surface area contributed by atoms with Gasteiger partial charge in [0.2, 0.25) is 5.91 Å².